The Balaban J connectivity index is 4.14. The molecule has 3 nitrogen and oxygen atoms in total. The molecule has 0 rings (SSSR count). The van der Waals surface area contributed by atoms with Crippen LogP contribution in [0.4, 0.5) is 4.79 Å². The Morgan fingerprint density at radius 2 is 1.79 bits per heavy atom. The van der Waals surface area contributed by atoms with Crippen molar-refractivity contribution < 1.29 is 9.53 Å². The first-order valence-electron chi connectivity index (χ1n) is 4.18. The zero-order chi connectivity index (χ0) is 10.8. The summed E-state index contributed by atoms with van der Waals surface area (Å²) in [5, 5.41) is 0. The largest absolute Gasteiger partial charge is 0.450 e. The maximum Gasteiger partial charge on any atom is 0.410 e. The minimum absolute atomic E-state index is 0.352. The maximum absolute atomic E-state index is 11.3. The van der Waals surface area contributed by atoms with Crippen molar-refractivity contribution in [3.8, 4) is 0 Å². The van der Waals surface area contributed by atoms with Gasteiger partial charge in [0.05, 0.1) is 6.61 Å². The Bertz CT molecular complexity index is 203. The molecule has 0 aromatic heterocycles. The second kappa shape index (κ2) is 8.91. The van der Waals surface area contributed by atoms with Gasteiger partial charge in [-0.3, -0.25) is 0 Å². The van der Waals surface area contributed by atoms with Crippen LogP contribution in [-0.2, 0) is 4.74 Å². The van der Waals surface area contributed by atoms with Gasteiger partial charge < -0.3 is 9.64 Å². The van der Waals surface area contributed by atoms with E-state index in [2.05, 4.69) is 0 Å². The van der Waals surface area contributed by atoms with Gasteiger partial charge in [-0.15, -0.1) is 0 Å². The molecule has 80 valence electrons. The van der Waals surface area contributed by atoms with Gasteiger partial charge in [-0.2, -0.15) is 0 Å². The standard InChI is InChI=1S/C9H13Cl2NO2/c1-2-14-9(13)12(7-3-5-10)8-4-6-11/h3-6H,2,7-8H2,1H3. The summed E-state index contributed by atoms with van der Waals surface area (Å²) >= 11 is 10.7. The third-order valence-electron chi connectivity index (χ3n) is 1.36. The highest BCUT2D eigenvalue weighted by Gasteiger charge is 2.10. The summed E-state index contributed by atoms with van der Waals surface area (Å²) in [6.07, 6.45) is 2.93. The Hall–Kier alpha value is -0.670. The lowest BCUT2D eigenvalue weighted by Gasteiger charge is -2.17. The van der Waals surface area contributed by atoms with Crippen LogP contribution in [0.25, 0.3) is 0 Å². The highest BCUT2D eigenvalue weighted by Crippen LogP contribution is 1.97. The molecule has 0 spiro atoms. The molecular weight excluding hydrogens is 225 g/mol. The second-order valence-electron chi connectivity index (χ2n) is 2.33. The molecular formula is C9H13Cl2NO2. The first-order valence-corrected chi connectivity index (χ1v) is 5.05. The van der Waals surface area contributed by atoms with Crippen molar-refractivity contribution in [1.29, 1.82) is 0 Å². The molecule has 0 unspecified atom stereocenters. The molecule has 0 aliphatic heterocycles. The fourth-order valence-corrected chi connectivity index (χ4v) is 0.932. The lowest BCUT2D eigenvalue weighted by molar-refractivity contribution is 0.115. The summed E-state index contributed by atoms with van der Waals surface area (Å²) < 4.78 is 4.83. The number of ether oxygens (including phenoxy) is 1. The van der Waals surface area contributed by atoms with Crippen LogP contribution >= 0.6 is 23.2 Å². The number of rotatable bonds is 5. The Labute approximate surface area is 93.9 Å². The molecule has 0 saturated carbocycles. The molecule has 14 heavy (non-hydrogen) atoms. The van der Waals surface area contributed by atoms with Gasteiger partial charge in [0.25, 0.3) is 0 Å². The molecule has 1 amide bonds. The molecule has 0 bridgehead atoms. The highest BCUT2D eigenvalue weighted by molar-refractivity contribution is 6.25. The average Bonchev–Trinajstić information content (AvgIpc) is 2.18. The van der Waals surface area contributed by atoms with Crippen LogP contribution in [-0.4, -0.2) is 30.7 Å². The minimum atomic E-state index is -0.378. The van der Waals surface area contributed by atoms with Crippen LogP contribution in [0.5, 0.6) is 0 Å². The van der Waals surface area contributed by atoms with Gasteiger partial charge in [0.15, 0.2) is 0 Å². The van der Waals surface area contributed by atoms with Gasteiger partial charge >= 0.3 is 6.09 Å². The average molecular weight is 238 g/mol. The van der Waals surface area contributed by atoms with Crippen LogP contribution in [0.1, 0.15) is 6.92 Å². The maximum atomic E-state index is 11.3. The lowest BCUT2D eigenvalue weighted by atomic mass is 10.5. The van der Waals surface area contributed by atoms with Gasteiger partial charge in [0.1, 0.15) is 0 Å². The number of hydrogen-bond acceptors (Lipinski definition) is 2. The van der Waals surface area contributed by atoms with Crippen molar-refractivity contribution in [3.05, 3.63) is 23.2 Å². The SMILES string of the molecule is CCOC(=O)N(CC=CCl)CC=CCl. The summed E-state index contributed by atoms with van der Waals surface area (Å²) in [6.45, 7) is 2.92. The predicted octanol–water partition coefficient (Wildman–Crippen LogP) is 2.95. The highest BCUT2D eigenvalue weighted by atomic mass is 35.5. The molecule has 0 fully saturated rings. The normalized spacial score (nSPS) is 11.1. The zero-order valence-electron chi connectivity index (χ0n) is 7.95. The molecule has 0 heterocycles. The van der Waals surface area contributed by atoms with E-state index in [1.807, 2.05) is 0 Å². The van der Waals surface area contributed by atoms with E-state index in [4.69, 9.17) is 27.9 Å². The first-order chi connectivity index (χ1) is 6.76. The molecule has 0 atom stereocenters. The molecule has 0 aromatic carbocycles. The summed E-state index contributed by atoms with van der Waals surface area (Å²) in [5.74, 6) is 0. The smallest absolute Gasteiger partial charge is 0.410 e. The van der Waals surface area contributed by atoms with Crippen LogP contribution in [0.2, 0.25) is 0 Å². The van der Waals surface area contributed by atoms with E-state index in [9.17, 15) is 4.79 Å². The van der Waals surface area contributed by atoms with E-state index in [-0.39, 0.29) is 6.09 Å². The van der Waals surface area contributed by atoms with Crippen LogP contribution in [0.3, 0.4) is 0 Å². The van der Waals surface area contributed by atoms with Gasteiger partial charge in [0.2, 0.25) is 0 Å². The van der Waals surface area contributed by atoms with Gasteiger partial charge in [-0.05, 0) is 6.92 Å². The van der Waals surface area contributed by atoms with Crippen molar-refractivity contribution in [2.45, 2.75) is 6.92 Å². The van der Waals surface area contributed by atoms with E-state index in [1.54, 1.807) is 19.1 Å². The van der Waals surface area contributed by atoms with Crippen molar-refractivity contribution in [2.24, 2.45) is 0 Å². The van der Waals surface area contributed by atoms with E-state index < -0.39 is 0 Å². The van der Waals surface area contributed by atoms with Crippen LogP contribution < -0.4 is 0 Å². The molecule has 0 N–H and O–H groups in total. The second-order valence-corrected chi connectivity index (χ2v) is 2.83. The van der Waals surface area contributed by atoms with E-state index in [0.29, 0.717) is 19.7 Å². The van der Waals surface area contributed by atoms with Crippen molar-refractivity contribution in [2.75, 3.05) is 19.7 Å². The van der Waals surface area contributed by atoms with Crippen molar-refractivity contribution >= 4 is 29.3 Å². The fourth-order valence-electron chi connectivity index (χ4n) is 0.773. The fraction of sp³-hybridized carbons (Fsp3) is 0.444. The number of hydrogen-bond donors (Lipinski definition) is 0. The number of amides is 1. The van der Waals surface area contributed by atoms with Gasteiger partial charge in [-0.25, -0.2) is 4.79 Å². The van der Waals surface area contributed by atoms with Gasteiger partial charge in [0, 0.05) is 24.2 Å². The molecule has 0 aromatic rings. The summed E-state index contributed by atoms with van der Waals surface area (Å²) in [5.41, 5.74) is 2.72. The quantitative estimate of drug-likeness (QED) is 0.736. The first kappa shape index (κ1) is 13.3. The molecule has 0 aliphatic rings. The van der Waals surface area contributed by atoms with Crippen LogP contribution in [0, 0.1) is 0 Å². The number of carbonyl (C=O) groups is 1. The molecule has 0 radical (unpaired) electrons. The van der Waals surface area contributed by atoms with E-state index in [1.165, 1.54) is 16.0 Å². The topological polar surface area (TPSA) is 29.5 Å². The monoisotopic (exact) mass is 237 g/mol. The summed E-state index contributed by atoms with van der Waals surface area (Å²) in [7, 11) is 0. The molecule has 5 heteroatoms. The summed E-state index contributed by atoms with van der Waals surface area (Å²) in [6, 6.07) is 0. The summed E-state index contributed by atoms with van der Waals surface area (Å²) in [4.78, 5) is 12.8. The number of nitrogens with zero attached hydrogens (tertiary/aromatic N) is 1. The van der Waals surface area contributed by atoms with E-state index >= 15 is 0 Å². The third-order valence-corrected chi connectivity index (χ3v) is 1.71. The number of halogens is 2. The van der Waals surface area contributed by atoms with Crippen molar-refractivity contribution in [3.63, 3.8) is 0 Å². The third kappa shape index (κ3) is 5.89. The molecule has 0 saturated heterocycles. The van der Waals surface area contributed by atoms with Crippen molar-refractivity contribution in [1.82, 2.24) is 4.90 Å². The van der Waals surface area contributed by atoms with Crippen LogP contribution in [0.15, 0.2) is 23.2 Å². The Kier molecular flexibility index (Phi) is 8.48. The van der Waals surface area contributed by atoms with Gasteiger partial charge in [-0.1, -0.05) is 35.4 Å². The van der Waals surface area contributed by atoms with E-state index in [0.717, 1.165) is 0 Å². The predicted molar refractivity (Wildman–Crippen MR) is 58.6 cm³/mol. The lowest BCUT2D eigenvalue weighted by Crippen LogP contribution is -2.31. The Morgan fingerprint density at radius 1 is 1.29 bits per heavy atom. The Morgan fingerprint density at radius 3 is 2.14 bits per heavy atom. The molecule has 0 aliphatic carbocycles. The zero-order valence-corrected chi connectivity index (χ0v) is 9.46. The number of carbonyl (C=O) groups excluding carboxylic acids is 1. The minimum Gasteiger partial charge on any atom is -0.450 e.